The molecule has 7 heteroatoms. The first-order valence-corrected chi connectivity index (χ1v) is 7.86. The van der Waals surface area contributed by atoms with Gasteiger partial charge in [-0.1, -0.05) is 22.0 Å². The molecular weight excluding hydrogens is 332 g/mol. The van der Waals surface area contributed by atoms with Crippen molar-refractivity contribution in [1.82, 2.24) is 9.71 Å². The predicted molar refractivity (Wildman–Crippen MR) is 74.1 cm³/mol. The van der Waals surface area contributed by atoms with Crippen molar-refractivity contribution in [2.75, 3.05) is 0 Å². The lowest BCUT2D eigenvalue weighted by Gasteiger charge is -2.11. The van der Waals surface area contributed by atoms with Crippen LogP contribution in [0.5, 0.6) is 0 Å². The summed E-state index contributed by atoms with van der Waals surface area (Å²) in [5.41, 5.74) is 0. The summed E-state index contributed by atoms with van der Waals surface area (Å²) in [6, 6.07) is 5.97. The van der Waals surface area contributed by atoms with Crippen molar-refractivity contribution in [3.05, 3.63) is 46.6 Å². The number of hydrogen-bond acceptors (Lipinski definition) is 4. The molecule has 1 heterocycles. The fourth-order valence-corrected chi connectivity index (χ4v) is 3.35. The van der Waals surface area contributed by atoms with E-state index in [2.05, 4.69) is 25.6 Å². The summed E-state index contributed by atoms with van der Waals surface area (Å²) < 4.78 is 32.9. The van der Waals surface area contributed by atoms with E-state index < -0.39 is 16.1 Å². The van der Waals surface area contributed by atoms with Crippen LogP contribution in [0.25, 0.3) is 0 Å². The van der Waals surface area contributed by atoms with Crippen molar-refractivity contribution in [2.45, 2.75) is 24.8 Å². The van der Waals surface area contributed by atoms with Gasteiger partial charge in [0, 0.05) is 4.47 Å². The van der Waals surface area contributed by atoms with Gasteiger partial charge in [0.05, 0.1) is 17.1 Å². The van der Waals surface area contributed by atoms with Gasteiger partial charge in [-0.3, -0.25) is 0 Å². The van der Waals surface area contributed by atoms with Crippen molar-refractivity contribution < 1.29 is 12.8 Å². The lowest BCUT2D eigenvalue weighted by molar-refractivity contribution is 0.428. The summed E-state index contributed by atoms with van der Waals surface area (Å²) >= 11 is 3.25. The third kappa shape index (κ3) is 3.43. The fraction of sp³-hybridized carbons (Fsp3) is 0.250. The van der Waals surface area contributed by atoms with Crippen LogP contribution in [0.1, 0.15) is 24.6 Å². The van der Waals surface area contributed by atoms with E-state index >= 15 is 0 Å². The number of aromatic nitrogens is 1. The van der Waals surface area contributed by atoms with Crippen molar-refractivity contribution in [3.8, 4) is 0 Å². The Morgan fingerprint density at radius 3 is 2.74 bits per heavy atom. The number of benzene rings is 1. The second-order valence-electron chi connectivity index (χ2n) is 4.11. The average molecular weight is 345 g/mol. The summed E-state index contributed by atoms with van der Waals surface area (Å²) in [4.78, 5) is 4.20. The molecule has 0 fully saturated rings. The van der Waals surface area contributed by atoms with E-state index in [-0.39, 0.29) is 4.90 Å². The zero-order valence-corrected chi connectivity index (χ0v) is 12.8. The highest BCUT2D eigenvalue weighted by Gasteiger charge is 2.21. The maximum atomic E-state index is 12.2. The Labute approximate surface area is 120 Å². The van der Waals surface area contributed by atoms with Gasteiger partial charge in [-0.25, -0.2) is 13.4 Å². The van der Waals surface area contributed by atoms with Gasteiger partial charge in [-0.2, -0.15) is 4.72 Å². The smallest absolute Gasteiger partial charge is 0.241 e. The fourth-order valence-electron chi connectivity index (χ4n) is 1.56. The first-order valence-electron chi connectivity index (χ1n) is 5.59. The highest BCUT2D eigenvalue weighted by atomic mass is 79.9. The Kier molecular flexibility index (Phi) is 4.07. The van der Waals surface area contributed by atoms with Gasteiger partial charge in [0.25, 0.3) is 0 Å². The molecule has 1 aromatic carbocycles. The molecule has 5 nitrogen and oxygen atoms in total. The Morgan fingerprint density at radius 2 is 2.16 bits per heavy atom. The van der Waals surface area contributed by atoms with Crippen LogP contribution in [0.2, 0.25) is 0 Å². The molecule has 0 aliphatic rings. The number of aryl methyl sites for hydroxylation is 1. The molecule has 1 aromatic heterocycles. The van der Waals surface area contributed by atoms with E-state index in [0.29, 0.717) is 16.1 Å². The SMILES string of the molecule is Cc1cnc(C(C)NS(=O)(=O)c2cccc(Br)c2)o1. The minimum Gasteiger partial charge on any atom is -0.444 e. The third-order valence-electron chi connectivity index (χ3n) is 2.45. The van der Waals surface area contributed by atoms with Crippen LogP contribution < -0.4 is 4.72 Å². The maximum absolute atomic E-state index is 12.2. The van der Waals surface area contributed by atoms with Crippen LogP contribution in [0.4, 0.5) is 0 Å². The predicted octanol–water partition coefficient (Wildman–Crippen LogP) is 2.79. The first kappa shape index (κ1) is 14.2. The lowest BCUT2D eigenvalue weighted by atomic mass is 10.4. The van der Waals surface area contributed by atoms with Crippen LogP contribution >= 0.6 is 15.9 Å². The zero-order chi connectivity index (χ0) is 14.0. The van der Waals surface area contributed by atoms with Gasteiger partial charge in [0.2, 0.25) is 15.9 Å². The maximum Gasteiger partial charge on any atom is 0.241 e. The molecule has 19 heavy (non-hydrogen) atoms. The molecule has 0 amide bonds. The van der Waals surface area contributed by atoms with Gasteiger partial charge < -0.3 is 4.42 Å². The number of halogens is 1. The molecule has 1 N–H and O–H groups in total. The van der Waals surface area contributed by atoms with E-state index in [9.17, 15) is 8.42 Å². The molecule has 0 spiro atoms. The van der Waals surface area contributed by atoms with Crippen molar-refractivity contribution in [2.24, 2.45) is 0 Å². The molecule has 0 radical (unpaired) electrons. The Hall–Kier alpha value is -1.18. The molecule has 0 bridgehead atoms. The minimum atomic E-state index is -3.60. The standard InChI is InChI=1S/C12H13BrN2O3S/c1-8-7-14-12(18-8)9(2)15-19(16,17)11-5-3-4-10(13)6-11/h3-7,9,15H,1-2H3. The van der Waals surface area contributed by atoms with E-state index in [4.69, 9.17) is 4.42 Å². The number of nitrogens with one attached hydrogen (secondary N) is 1. The number of oxazole rings is 1. The van der Waals surface area contributed by atoms with Crippen LogP contribution in [0, 0.1) is 6.92 Å². The molecule has 1 unspecified atom stereocenters. The lowest BCUT2D eigenvalue weighted by Crippen LogP contribution is -2.27. The number of rotatable bonds is 4. The Morgan fingerprint density at radius 1 is 1.42 bits per heavy atom. The molecule has 0 saturated carbocycles. The average Bonchev–Trinajstić information content (AvgIpc) is 2.75. The third-order valence-corrected chi connectivity index (χ3v) is 4.48. The van der Waals surface area contributed by atoms with E-state index in [0.717, 1.165) is 0 Å². The molecule has 0 saturated heterocycles. The summed E-state index contributed by atoms with van der Waals surface area (Å²) in [5.74, 6) is 0.986. The van der Waals surface area contributed by atoms with E-state index in [1.165, 1.54) is 12.1 Å². The quantitative estimate of drug-likeness (QED) is 0.925. The van der Waals surface area contributed by atoms with Crippen LogP contribution in [-0.4, -0.2) is 13.4 Å². The number of sulfonamides is 1. The second-order valence-corrected chi connectivity index (χ2v) is 6.74. The van der Waals surface area contributed by atoms with E-state index in [1.807, 2.05) is 0 Å². The topological polar surface area (TPSA) is 72.2 Å². The highest BCUT2D eigenvalue weighted by Crippen LogP contribution is 2.19. The van der Waals surface area contributed by atoms with Crippen LogP contribution in [-0.2, 0) is 10.0 Å². The monoisotopic (exact) mass is 344 g/mol. The molecular formula is C12H13BrN2O3S. The normalized spacial score (nSPS) is 13.4. The Bertz CT molecular complexity index is 682. The molecule has 0 aliphatic carbocycles. The number of nitrogens with zero attached hydrogens (tertiary/aromatic N) is 1. The van der Waals surface area contributed by atoms with Gasteiger partial charge in [0.1, 0.15) is 5.76 Å². The van der Waals surface area contributed by atoms with Gasteiger partial charge in [-0.05, 0) is 32.0 Å². The zero-order valence-electron chi connectivity index (χ0n) is 10.4. The highest BCUT2D eigenvalue weighted by molar-refractivity contribution is 9.10. The Balaban J connectivity index is 2.22. The van der Waals surface area contributed by atoms with Gasteiger partial charge in [-0.15, -0.1) is 0 Å². The largest absolute Gasteiger partial charge is 0.444 e. The van der Waals surface area contributed by atoms with Crippen molar-refractivity contribution >= 4 is 26.0 Å². The number of hydrogen-bond donors (Lipinski definition) is 1. The van der Waals surface area contributed by atoms with Gasteiger partial charge >= 0.3 is 0 Å². The summed E-state index contributed by atoms with van der Waals surface area (Å²) in [6.45, 7) is 3.44. The van der Waals surface area contributed by atoms with Crippen LogP contribution in [0.15, 0.2) is 44.2 Å². The van der Waals surface area contributed by atoms with E-state index in [1.54, 1.807) is 32.2 Å². The molecule has 0 aliphatic heterocycles. The molecule has 2 rings (SSSR count). The van der Waals surface area contributed by atoms with Crippen molar-refractivity contribution in [1.29, 1.82) is 0 Å². The summed E-state index contributed by atoms with van der Waals surface area (Å²) in [7, 11) is -3.60. The molecule has 2 aromatic rings. The summed E-state index contributed by atoms with van der Waals surface area (Å²) in [6.07, 6.45) is 1.55. The van der Waals surface area contributed by atoms with Crippen molar-refractivity contribution in [3.63, 3.8) is 0 Å². The summed E-state index contributed by atoms with van der Waals surface area (Å²) in [5, 5.41) is 0. The van der Waals surface area contributed by atoms with Gasteiger partial charge in [0.15, 0.2) is 0 Å². The van der Waals surface area contributed by atoms with Crippen LogP contribution in [0.3, 0.4) is 0 Å². The minimum absolute atomic E-state index is 0.192. The second kappa shape index (κ2) is 5.44. The molecule has 102 valence electrons. The molecule has 1 atom stereocenters. The first-order chi connectivity index (χ1) is 8.88.